The average Bonchev–Trinajstić information content (AvgIpc) is 2.14. The molecule has 0 unspecified atom stereocenters. The molecule has 0 saturated carbocycles. The van der Waals surface area contributed by atoms with E-state index in [1.54, 1.807) is 24.1 Å². The Labute approximate surface area is 87.9 Å². The third-order valence-electron chi connectivity index (χ3n) is 1.81. The lowest BCUT2D eigenvalue weighted by atomic mass is 10.1. The van der Waals surface area contributed by atoms with Crippen LogP contribution in [0.15, 0.2) is 23.4 Å². The van der Waals surface area contributed by atoms with Crippen molar-refractivity contribution < 1.29 is 19.1 Å². The molecule has 1 aliphatic rings. The van der Waals surface area contributed by atoms with Crippen molar-refractivity contribution in [1.82, 2.24) is 4.90 Å². The fraction of sp³-hybridized carbons (Fsp3) is 0.400. The molecule has 15 heavy (non-hydrogen) atoms. The van der Waals surface area contributed by atoms with Gasteiger partial charge in [0.25, 0.3) is 0 Å². The van der Waals surface area contributed by atoms with Crippen LogP contribution in [0.1, 0.15) is 6.92 Å². The normalized spacial score (nSPS) is 16.3. The number of carbonyl (C=O) groups is 2. The molecule has 1 rings (SSSR count). The van der Waals surface area contributed by atoms with E-state index in [-0.39, 0.29) is 12.4 Å². The summed E-state index contributed by atoms with van der Waals surface area (Å²) >= 11 is 0. The minimum atomic E-state index is -0.632. The van der Waals surface area contributed by atoms with Crippen LogP contribution in [-0.2, 0) is 19.1 Å². The van der Waals surface area contributed by atoms with Crippen LogP contribution < -0.4 is 0 Å². The van der Waals surface area contributed by atoms with Crippen molar-refractivity contribution in [3.63, 3.8) is 0 Å². The fourth-order valence-electron chi connectivity index (χ4n) is 1.03. The molecule has 0 aromatic carbocycles. The topological polar surface area (TPSA) is 55.8 Å². The highest BCUT2D eigenvalue weighted by atomic mass is 16.7. The predicted octanol–water partition coefficient (Wildman–Crippen LogP) is 0.436. The van der Waals surface area contributed by atoms with E-state index in [2.05, 4.69) is 9.47 Å². The third-order valence-corrected chi connectivity index (χ3v) is 1.81. The van der Waals surface area contributed by atoms with Gasteiger partial charge in [0.15, 0.2) is 0 Å². The molecule has 0 bridgehead atoms. The molecule has 0 N–H and O–H groups in total. The molecule has 0 aromatic rings. The molecule has 1 fully saturated rings. The highest BCUT2D eigenvalue weighted by molar-refractivity contribution is 6.15. The van der Waals surface area contributed by atoms with Gasteiger partial charge in [-0.15, -0.1) is 0 Å². The summed E-state index contributed by atoms with van der Waals surface area (Å²) in [6.45, 7) is 1.36. The van der Waals surface area contributed by atoms with Crippen molar-refractivity contribution in [1.29, 1.82) is 0 Å². The number of cyclic esters (lactones) is 2. The van der Waals surface area contributed by atoms with Gasteiger partial charge in [-0.05, 0) is 24.8 Å². The zero-order chi connectivity index (χ0) is 11.4. The molecule has 0 atom stereocenters. The maximum absolute atomic E-state index is 11.3. The van der Waals surface area contributed by atoms with Gasteiger partial charge in [0.2, 0.25) is 6.79 Å². The Bertz CT molecular complexity index is 323. The first kappa shape index (κ1) is 11.3. The maximum atomic E-state index is 11.3. The standard InChI is InChI=1S/C10H13NO4/c1-7(4-5-11(2)3)8-9(12)14-6-15-10(8)13/h4-5H,6H2,1-3H3. The number of rotatable bonds is 2. The number of nitrogens with zero attached hydrogens (tertiary/aromatic N) is 1. The minimum Gasteiger partial charge on any atom is -0.424 e. The molecule has 5 heteroatoms. The molecule has 5 nitrogen and oxygen atoms in total. The third kappa shape index (κ3) is 2.83. The molecule has 0 spiro atoms. The van der Waals surface area contributed by atoms with Gasteiger partial charge >= 0.3 is 11.9 Å². The Hall–Kier alpha value is -1.78. The highest BCUT2D eigenvalue weighted by Crippen LogP contribution is 2.14. The molecule has 0 amide bonds. The second kappa shape index (κ2) is 4.63. The summed E-state index contributed by atoms with van der Waals surface area (Å²) in [6.07, 6.45) is 3.39. The van der Waals surface area contributed by atoms with E-state index in [9.17, 15) is 9.59 Å². The van der Waals surface area contributed by atoms with Crippen molar-refractivity contribution >= 4 is 11.9 Å². The lowest BCUT2D eigenvalue weighted by Crippen LogP contribution is -2.27. The summed E-state index contributed by atoms with van der Waals surface area (Å²) in [5.74, 6) is -1.26. The number of ether oxygens (including phenoxy) is 2. The van der Waals surface area contributed by atoms with Crippen molar-refractivity contribution in [2.45, 2.75) is 6.92 Å². The number of carbonyl (C=O) groups excluding carboxylic acids is 2. The molecule has 0 aromatic heterocycles. The first-order chi connectivity index (χ1) is 7.02. The van der Waals surface area contributed by atoms with Crippen LogP contribution in [0.2, 0.25) is 0 Å². The van der Waals surface area contributed by atoms with Gasteiger partial charge in [-0.3, -0.25) is 0 Å². The number of hydrogen-bond acceptors (Lipinski definition) is 5. The zero-order valence-corrected chi connectivity index (χ0v) is 8.94. The van der Waals surface area contributed by atoms with Crippen LogP contribution in [0.4, 0.5) is 0 Å². The van der Waals surface area contributed by atoms with Crippen LogP contribution in [0, 0.1) is 0 Å². The van der Waals surface area contributed by atoms with Crippen LogP contribution in [0.5, 0.6) is 0 Å². The summed E-state index contributed by atoms with van der Waals surface area (Å²) in [5, 5.41) is 0. The van der Waals surface area contributed by atoms with Gasteiger partial charge in [-0.25, -0.2) is 9.59 Å². The number of esters is 2. The minimum absolute atomic E-state index is 0.0423. The summed E-state index contributed by atoms with van der Waals surface area (Å²) in [5.41, 5.74) is 0.484. The van der Waals surface area contributed by atoms with E-state index in [1.807, 2.05) is 14.1 Å². The summed E-state index contributed by atoms with van der Waals surface area (Å²) in [7, 11) is 3.68. The number of allylic oxidation sites excluding steroid dienone is 2. The van der Waals surface area contributed by atoms with Crippen molar-refractivity contribution in [3.05, 3.63) is 23.4 Å². The molecule has 1 aliphatic heterocycles. The van der Waals surface area contributed by atoms with Crippen molar-refractivity contribution in [3.8, 4) is 0 Å². The molecular weight excluding hydrogens is 198 g/mol. The monoisotopic (exact) mass is 211 g/mol. The first-order valence-corrected chi connectivity index (χ1v) is 4.42. The van der Waals surface area contributed by atoms with Gasteiger partial charge in [0.1, 0.15) is 5.57 Å². The highest BCUT2D eigenvalue weighted by Gasteiger charge is 2.28. The van der Waals surface area contributed by atoms with Gasteiger partial charge in [0, 0.05) is 14.1 Å². The lowest BCUT2D eigenvalue weighted by molar-refractivity contribution is -0.172. The Balaban J connectivity index is 2.94. The SMILES string of the molecule is CC(C=CN(C)C)=C1C(=O)OCOC1=O. The molecule has 0 radical (unpaired) electrons. The van der Waals surface area contributed by atoms with Crippen LogP contribution in [0.3, 0.4) is 0 Å². The van der Waals surface area contributed by atoms with Gasteiger partial charge in [-0.2, -0.15) is 0 Å². The van der Waals surface area contributed by atoms with Crippen LogP contribution in [-0.4, -0.2) is 37.7 Å². The largest absolute Gasteiger partial charge is 0.424 e. The van der Waals surface area contributed by atoms with E-state index >= 15 is 0 Å². The van der Waals surface area contributed by atoms with E-state index in [1.165, 1.54) is 0 Å². The average molecular weight is 211 g/mol. The summed E-state index contributed by atoms with van der Waals surface area (Å²) in [6, 6.07) is 0. The van der Waals surface area contributed by atoms with Crippen molar-refractivity contribution in [2.24, 2.45) is 0 Å². The lowest BCUT2D eigenvalue weighted by Gasteiger charge is -2.15. The summed E-state index contributed by atoms with van der Waals surface area (Å²) < 4.78 is 9.20. The molecule has 1 saturated heterocycles. The maximum Gasteiger partial charge on any atom is 0.348 e. The smallest absolute Gasteiger partial charge is 0.348 e. The van der Waals surface area contributed by atoms with Crippen LogP contribution in [0.25, 0.3) is 0 Å². The molecule has 1 heterocycles. The summed E-state index contributed by atoms with van der Waals surface area (Å²) in [4.78, 5) is 24.3. The number of hydrogen-bond donors (Lipinski definition) is 0. The van der Waals surface area contributed by atoms with E-state index in [0.29, 0.717) is 5.57 Å². The Morgan fingerprint density at radius 1 is 1.27 bits per heavy atom. The Kier molecular flexibility index (Phi) is 3.49. The van der Waals surface area contributed by atoms with Gasteiger partial charge in [-0.1, -0.05) is 0 Å². The zero-order valence-electron chi connectivity index (χ0n) is 8.94. The Morgan fingerprint density at radius 3 is 2.27 bits per heavy atom. The second-order valence-corrected chi connectivity index (χ2v) is 3.32. The molecule has 0 aliphatic carbocycles. The molecular formula is C10H13NO4. The second-order valence-electron chi connectivity index (χ2n) is 3.32. The quantitative estimate of drug-likeness (QED) is 0.377. The fourth-order valence-corrected chi connectivity index (χ4v) is 1.03. The van der Waals surface area contributed by atoms with E-state index < -0.39 is 11.9 Å². The first-order valence-electron chi connectivity index (χ1n) is 4.42. The van der Waals surface area contributed by atoms with Crippen LogP contribution >= 0.6 is 0 Å². The van der Waals surface area contributed by atoms with Crippen molar-refractivity contribution in [2.75, 3.05) is 20.9 Å². The van der Waals surface area contributed by atoms with E-state index in [4.69, 9.17) is 0 Å². The predicted molar refractivity (Wildman–Crippen MR) is 52.6 cm³/mol. The molecule has 82 valence electrons. The van der Waals surface area contributed by atoms with Gasteiger partial charge < -0.3 is 14.4 Å². The van der Waals surface area contributed by atoms with Gasteiger partial charge in [0.05, 0.1) is 0 Å². The Morgan fingerprint density at radius 2 is 1.80 bits per heavy atom. The van der Waals surface area contributed by atoms with E-state index in [0.717, 1.165) is 0 Å².